The first-order valence-electron chi connectivity index (χ1n) is 4.98. The Kier molecular flexibility index (Phi) is 3.42. The van der Waals surface area contributed by atoms with Crippen LogP contribution >= 0.6 is 22.9 Å². The number of thiazole rings is 1. The SMILES string of the molecule is CN1CCC(Cc2cnc(Cl)s2)/C1=N/C#N. The van der Waals surface area contributed by atoms with Crippen LogP contribution < -0.4 is 0 Å². The topological polar surface area (TPSA) is 52.3 Å². The maximum Gasteiger partial charge on any atom is 0.207 e. The second kappa shape index (κ2) is 4.81. The Bertz CT molecular complexity index is 448. The van der Waals surface area contributed by atoms with E-state index in [0.717, 1.165) is 30.1 Å². The predicted octanol–water partition coefficient (Wildman–Crippen LogP) is 2.17. The third kappa shape index (κ3) is 2.34. The number of nitrogens with zero attached hydrogens (tertiary/aromatic N) is 4. The van der Waals surface area contributed by atoms with Crippen LogP contribution in [0.1, 0.15) is 11.3 Å². The minimum Gasteiger partial charge on any atom is -0.362 e. The summed E-state index contributed by atoms with van der Waals surface area (Å²) in [5.41, 5.74) is 0. The molecular formula is C10H11ClN4S. The lowest BCUT2D eigenvalue weighted by atomic mass is 10.0. The van der Waals surface area contributed by atoms with Crippen molar-refractivity contribution >= 4 is 28.8 Å². The van der Waals surface area contributed by atoms with Crippen molar-refractivity contribution in [3.8, 4) is 6.19 Å². The van der Waals surface area contributed by atoms with Gasteiger partial charge in [-0.2, -0.15) is 10.3 Å². The molecule has 0 aliphatic carbocycles. The minimum atomic E-state index is 0.321. The molecule has 4 nitrogen and oxygen atoms in total. The molecule has 6 heteroatoms. The molecule has 1 aromatic heterocycles. The predicted molar refractivity (Wildman–Crippen MR) is 64.6 cm³/mol. The molecule has 1 aromatic rings. The molecule has 0 spiro atoms. The lowest BCUT2D eigenvalue weighted by molar-refractivity contribution is 0.546. The highest BCUT2D eigenvalue weighted by Gasteiger charge is 2.27. The fourth-order valence-electron chi connectivity index (χ4n) is 1.95. The van der Waals surface area contributed by atoms with Gasteiger partial charge in [-0.3, -0.25) is 0 Å². The number of rotatable bonds is 2. The van der Waals surface area contributed by atoms with Crippen LogP contribution in [0.3, 0.4) is 0 Å². The molecule has 2 rings (SSSR count). The molecule has 0 radical (unpaired) electrons. The Morgan fingerprint density at radius 2 is 2.62 bits per heavy atom. The van der Waals surface area contributed by atoms with E-state index in [2.05, 4.69) is 9.98 Å². The Morgan fingerprint density at radius 1 is 1.81 bits per heavy atom. The first-order chi connectivity index (χ1) is 7.70. The zero-order valence-electron chi connectivity index (χ0n) is 8.85. The molecule has 0 N–H and O–H groups in total. The van der Waals surface area contributed by atoms with Gasteiger partial charge in [0.05, 0.1) is 0 Å². The number of hydrogen-bond acceptors (Lipinski definition) is 4. The van der Waals surface area contributed by atoms with Crippen LogP contribution in [0.25, 0.3) is 0 Å². The summed E-state index contributed by atoms with van der Waals surface area (Å²) in [5.74, 6) is 1.20. The van der Waals surface area contributed by atoms with E-state index in [9.17, 15) is 0 Å². The molecule has 1 aliphatic rings. The number of likely N-dealkylation sites (tertiary alicyclic amines) is 1. The molecule has 0 bridgehead atoms. The van der Waals surface area contributed by atoms with Gasteiger partial charge >= 0.3 is 0 Å². The van der Waals surface area contributed by atoms with Gasteiger partial charge in [-0.25, -0.2) is 4.98 Å². The Labute approximate surface area is 103 Å². The van der Waals surface area contributed by atoms with E-state index in [1.165, 1.54) is 11.3 Å². The highest BCUT2D eigenvalue weighted by atomic mass is 35.5. The second-order valence-corrected chi connectivity index (χ2v) is 5.46. The van der Waals surface area contributed by atoms with Crippen molar-refractivity contribution in [2.75, 3.05) is 13.6 Å². The van der Waals surface area contributed by atoms with Gasteiger partial charge in [0.2, 0.25) is 6.19 Å². The number of hydrogen-bond donors (Lipinski definition) is 0. The van der Waals surface area contributed by atoms with Gasteiger partial charge in [0.25, 0.3) is 0 Å². The number of aliphatic imine (C=N–C) groups is 1. The van der Waals surface area contributed by atoms with Crippen molar-refractivity contribution in [3.05, 3.63) is 15.5 Å². The summed E-state index contributed by atoms with van der Waals surface area (Å²) in [4.78, 5) is 11.1. The van der Waals surface area contributed by atoms with Crippen LogP contribution in [0, 0.1) is 17.4 Å². The third-order valence-corrected chi connectivity index (χ3v) is 3.84. The van der Waals surface area contributed by atoms with Crippen molar-refractivity contribution in [1.29, 1.82) is 5.26 Å². The molecule has 1 fully saturated rings. The summed E-state index contributed by atoms with van der Waals surface area (Å²) < 4.78 is 0.570. The molecule has 0 saturated carbocycles. The van der Waals surface area contributed by atoms with Gasteiger partial charge in [0, 0.05) is 30.6 Å². The van der Waals surface area contributed by atoms with Crippen LogP contribution in [0.5, 0.6) is 0 Å². The van der Waals surface area contributed by atoms with Crippen LogP contribution in [0.2, 0.25) is 4.47 Å². The average molecular weight is 255 g/mol. The van der Waals surface area contributed by atoms with Crippen molar-refractivity contribution in [3.63, 3.8) is 0 Å². The number of amidine groups is 1. The standard InChI is InChI=1S/C10H11ClN4S/c1-15-3-2-7(9(15)14-6-12)4-8-5-13-10(11)16-8/h5,7H,2-4H2,1H3/b14-9-. The minimum absolute atomic E-state index is 0.321. The number of nitriles is 1. The van der Waals surface area contributed by atoms with Gasteiger partial charge in [-0.05, 0) is 12.8 Å². The van der Waals surface area contributed by atoms with E-state index in [0.29, 0.717) is 10.4 Å². The fraction of sp³-hybridized carbons (Fsp3) is 0.500. The van der Waals surface area contributed by atoms with Gasteiger partial charge in [-0.1, -0.05) is 11.6 Å². The zero-order valence-corrected chi connectivity index (χ0v) is 10.4. The smallest absolute Gasteiger partial charge is 0.207 e. The normalized spacial score (nSPS) is 22.7. The molecule has 1 aliphatic heterocycles. The number of halogens is 1. The molecule has 1 atom stereocenters. The van der Waals surface area contributed by atoms with E-state index in [1.54, 1.807) is 6.20 Å². The van der Waals surface area contributed by atoms with Gasteiger partial charge in [-0.15, -0.1) is 11.3 Å². The molecule has 16 heavy (non-hydrogen) atoms. The van der Waals surface area contributed by atoms with Gasteiger partial charge < -0.3 is 4.90 Å². The molecule has 2 heterocycles. The Balaban J connectivity index is 2.11. The van der Waals surface area contributed by atoms with E-state index in [4.69, 9.17) is 16.9 Å². The van der Waals surface area contributed by atoms with Crippen molar-refractivity contribution < 1.29 is 0 Å². The second-order valence-electron chi connectivity index (χ2n) is 3.76. The van der Waals surface area contributed by atoms with E-state index < -0.39 is 0 Å². The largest absolute Gasteiger partial charge is 0.362 e. The molecule has 84 valence electrons. The van der Waals surface area contributed by atoms with E-state index >= 15 is 0 Å². The van der Waals surface area contributed by atoms with Gasteiger partial charge in [0.1, 0.15) is 5.84 Å². The van der Waals surface area contributed by atoms with Crippen LogP contribution in [-0.4, -0.2) is 29.3 Å². The van der Waals surface area contributed by atoms with Crippen molar-refractivity contribution in [2.24, 2.45) is 10.9 Å². The lowest BCUT2D eigenvalue weighted by Gasteiger charge is -2.13. The highest BCUT2D eigenvalue weighted by Crippen LogP contribution is 2.26. The molecule has 1 saturated heterocycles. The maximum absolute atomic E-state index is 8.64. The Hall–Kier alpha value is -1.12. The van der Waals surface area contributed by atoms with Gasteiger partial charge in [0.15, 0.2) is 4.47 Å². The zero-order chi connectivity index (χ0) is 11.5. The molecule has 0 aromatic carbocycles. The fourth-order valence-corrected chi connectivity index (χ4v) is 3.00. The average Bonchev–Trinajstić information content (AvgIpc) is 2.79. The first-order valence-corrected chi connectivity index (χ1v) is 6.18. The summed E-state index contributed by atoms with van der Waals surface area (Å²) in [7, 11) is 1.97. The van der Waals surface area contributed by atoms with Crippen LogP contribution in [0.4, 0.5) is 0 Å². The summed E-state index contributed by atoms with van der Waals surface area (Å²) in [6.07, 6.45) is 5.57. The number of aromatic nitrogens is 1. The highest BCUT2D eigenvalue weighted by molar-refractivity contribution is 7.15. The lowest BCUT2D eigenvalue weighted by Crippen LogP contribution is -2.23. The van der Waals surface area contributed by atoms with E-state index in [-0.39, 0.29) is 0 Å². The quantitative estimate of drug-likeness (QED) is 0.760. The van der Waals surface area contributed by atoms with Crippen molar-refractivity contribution in [1.82, 2.24) is 9.88 Å². The summed E-state index contributed by atoms with van der Waals surface area (Å²) in [6.45, 7) is 0.956. The first kappa shape index (κ1) is 11.4. The summed E-state index contributed by atoms with van der Waals surface area (Å²) in [5, 5.41) is 8.64. The molecular weight excluding hydrogens is 244 g/mol. The van der Waals surface area contributed by atoms with Crippen LogP contribution in [0.15, 0.2) is 11.2 Å². The third-order valence-electron chi connectivity index (χ3n) is 2.71. The van der Waals surface area contributed by atoms with E-state index in [1.807, 2.05) is 18.1 Å². The van der Waals surface area contributed by atoms with Crippen molar-refractivity contribution in [2.45, 2.75) is 12.8 Å². The monoisotopic (exact) mass is 254 g/mol. The summed E-state index contributed by atoms with van der Waals surface area (Å²) in [6, 6.07) is 0. The van der Waals surface area contributed by atoms with Crippen LogP contribution in [-0.2, 0) is 6.42 Å². The Morgan fingerprint density at radius 3 is 3.25 bits per heavy atom. The summed E-state index contributed by atoms with van der Waals surface area (Å²) >= 11 is 7.28. The molecule has 0 amide bonds. The molecule has 1 unspecified atom stereocenters. The maximum atomic E-state index is 8.64.